The van der Waals surface area contributed by atoms with Crippen LogP contribution in [0.15, 0.2) is 97.2 Å². The zero-order valence-corrected chi connectivity index (χ0v) is 52.5. The summed E-state index contributed by atoms with van der Waals surface area (Å²) in [5.41, 5.74) is 0. The van der Waals surface area contributed by atoms with Gasteiger partial charge in [-0.2, -0.15) is 0 Å². The maximum absolute atomic E-state index is 13.0. The standard InChI is InChI=1S/C69H125N2O6P/c1-6-8-10-12-14-16-18-20-22-24-26-28-30-32-33-34-35-36-37-39-41-43-45-47-49-51-53-55-57-59-61-63-69(73)70-67(66-77-78(74,75)76-65-64-71(3,4)5)68(72)62-60-58-56-54-52-50-48-46-44-42-40-38-31-29-27-25-23-21-19-17-15-13-11-9-7-2/h8,10,14,16,20,22,26,28,32-33,35-36,52,54,60,62,67-68,72H,6-7,9,11-13,15,17-19,21,23-25,27,29-31,34,37-51,53,55-59,61,63-66H2,1-5H3,(H-,70,73,74,75)/p+1/b10-8-,16-14-,22-20-,28-26-,33-32-,36-35-,54-52+,62-60+. The van der Waals surface area contributed by atoms with Crippen LogP contribution in [0, 0.1) is 0 Å². The van der Waals surface area contributed by atoms with E-state index in [0.29, 0.717) is 17.4 Å². The molecule has 0 aliphatic carbocycles. The Labute approximate surface area is 483 Å². The molecule has 0 radical (unpaired) electrons. The largest absolute Gasteiger partial charge is 0.472 e. The van der Waals surface area contributed by atoms with Crippen molar-refractivity contribution in [2.75, 3.05) is 40.9 Å². The molecule has 0 bridgehead atoms. The molecule has 8 nitrogen and oxygen atoms in total. The number of hydrogen-bond acceptors (Lipinski definition) is 5. The molecule has 0 saturated heterocycles. The molecule has 0 saturated carbocycles. The monoisotopic (exact) mass is 1110 g/mol. The van der Waals surface area contributed by atoms with Crippen molar-refractivity contribution in [3.63, 3.8) is 0 Å². The van der Waals surface area contributed by atoms with Crippen molar-refractivity contribution < 1.29 is 32.9 Å². The number of nitrogens with one attached hydrogen (secondary N) is 1. The second kappa shape index (κ2) is 59.1. The smallest absolute Gasteiger partial charge is 0.387 e. The average Bonchev–Trinajstić information content (AvgIpc) is 3.41. The molecule has 3 unspecified atom stereocenters. The van der Waals surface area contributed by atoms with E-state index in [0.717, 1.165) is 77.0 Å². The number of aliphatic hydroxyl groups excluding tert-OH is 1. The summed E-state index contributed by atoms with van der Waals surface area (Å²) in [5, 5.41) is 14.0. The van der Waals surface area contributed by atoms with Gasteiger partial charge in [-0.25, -0.2) is 4.57 Å². The second-order valence-electron chi connectivity index (χ2n) is 23.1. The third-order valence-electron chi connectivity index (χ3n) is 14.3. The summed E-state index contributed by atoms with van der Waals surface area (Å²) in [7, 11) is 1.55. The molecule has 0 aromatic heterocycles. The van der Waals surface area contributed by atoms with E-state index in [1.165, 1.54) is 186 Å². The van der Waals surface area contributed by atoms with E-state index in [-0.39, 0.29) is 19.1 Å². The maximum atomic E-state index is 13.0. The highest BCUT2D eigenvalue weighted by Crippen LogP contribution is 2.43. The molecule has 0 rings (SSSR count). The molecule has 9 heteroatoms. The van der Waals surface area contributed by atoms with E-state index >= 15 is 0 Å². The maximum Gasteiger partial charge on any atom is 0.472 e. The highest BCUT2D eigenvalue weighted by molar-refractivity contribution is 7.47. The Morgan fingerprint density at radius 1 is 0.449 bits per heavy atom. The molecule has 0 aromatic carbocycles. The number of aliphatic hydroxyl groups is 1. The number of unbranched alkanes of at least 4 members (excludes halogenated alkanes) is 32. The predicted molar refractivity (Wildman–Crippen MR) is 341 cm³/mol. The number of likely N-dealkylation sites (N-methyl/N-ethyl adjacent to an activating group) is 1. The van der Waals surface area contributed by atoms with Gasteiger partial charge in [0.15, 0.2) is 0 Å². The van der Waals surface area contributed by atoms with Gasteiger partial charge in [-0.05, 0) is 83.5 Å². The summed E-state index contributed by atoms with van der Waals surface area (Å²) in [6, 6.07) is -0.872. The Morgan fingerprint density at radius 3 is 1.18 bits per heavy atom. The normalized spacial score (nSPS) is 14.4. The third kappa shape index (κ3) is 61.0. The van der Waals surface area contributed by atoms with Gasteiger partial charge >= 0.3 is 7.82 Å². The minimum absolute atomic E-state index is 0.0523. The zero-order chi connectivity index (χ0) is 57.0. The molecule has 0 spiro atoms. The van der Waals surface area contributed by atoms with Crippen molar-refractivity contribution in [2.24, 2.45) is 0 Å². The lowest BCUT2D eigenvalue weighted by molar-refractivity contribution is -0.870. The van der Waals surface area contributed by atoms with E-state index < -0.39 is 20.0 Å². The minimum atomic E-state index is -4.37. The van der Waals surface area contributed by atoms with Gasteiger partial charge in [0, 0.05) is 6.42 Å². The van der Waals surface area contributed by atoms with Crippen molar-refractivity contribution in [1.29, 1.82) is 0 Å². The van der Waals surface area contributed by atoms with Crippen molar-refractivity contribution in [3.05, 3.63) is 97.2 Å². The number of phosphoric acid groups is 1. The number of hydrogen-bond donors (Lipinski definition) is 3. The highest BCUT2D eigenvalue weighted by atomic mass is 31.2. The van der Waals surface area contributed by atoms with Gasteiger partial charge in [0.1, 0.15) is 13.2 Å². The van der Waals surface area contributed by atoms with Crippen LogP contribution in [0.5, 0.6) is 0 Å². The molecular weight excluding hydrogens is 984 g/mol. The quantitative estimate of drug-likeness (QED) is 0.0243. The molecule has 0 heterocycles. The molecule has 0 aliphatic rings. The number of rotatable bonds is 59. The van der Waals surface area contributed by atoms with Crippen molar-refractivity contribution in [1.82, 2.24) is 5.32 Å². The number of carbonyl (C=O) groups excluding carboxylic acids is 1. The van der Waals surface area contributed by atoms with Gasteiger partial charge in [0.05, 0.1) is 39.9 Å². The Kier molecular flexibility index (Phi) is 57.1. The lowest BCUT2D eigenvalue weighted by Gasteiger charge is -2.25. The molecule has 0 fully saturated rings. The van der Waals surface area contributed by atoms with Crippen LogP contribution in [0.3, 0.4) is 0 Å². The van der Waals surface area contributed by atoms with Crippen molar-refractivity contribution >= 4 is 13.7 Å². The minimum Gasteiger partial charge on any atom is -0.387 e. The third-order valence-corrected chi connectivity index (χ3v) is 15.3. The van der Waals surface area contributed by atoms with Gasteiger partial charge in [-0.3, -0.25) is 13.8 Å². The molecular formula is C69H126N2O6P+. The average molecular weight is 1110 g/mol. The van der Waals surface area contributed by atoms with Crippen molar-refractivity contribution in [2.45, 2.75) is 296 Å². The Balaban J connectivity index is 4.18. The summed E-state index contributed by atoms with van der Waals surface area (Å²) in [5.74, 6) is -0.190. The van der Waals surface area contributed by atoms with Gasteiger partial charge in [-0.1, -0.05) is 291 Å². The lowest BCUT2D eigenvalue weighted by Crippen LogP contribution is -2.45. The van der Waals surface area contributed by atoms with Gasteiger partial charge < -0.3 is 19.8 Å². The van der Waals surface area contributed by atoms with Crippen LogP contribution in [-0.4, -0.2) is 73.4 Å². The number of quaternary nitrogens is 1. The fourth-order valence-corrected chi connectivity index (χ4v) is 9.98. The molecule has 78 heavy (non-hydrogen) atoms. The molecule has 452 valence electrons. The summed E-state index contributed by atoms with van der Waals surface area (Å²) >= 11 is 0. The number of carbonyl (C=O) groups is 1. The first kappa shape index (κ1) is 75.4. The lowest BCUT2D eigenvalue weighted by atomic mass is 10.0. The van der Waals surface area contributed by atoms with Crippen LogP contribution in [0.1, 0.15) is 284 Å². The molecule has 3 atom stereocenters. The summed E-state index contributed by atoms with van der Waals surface area (Å²) < 4.78 is 23.8. The summed E-state index contributed by atoms with van der Waals surface area (Å²) in [6.07, 6.45) is 85.3. The van der Waals surface area contributed by atoms with Crippen LogP contribution >= 0.6 is 7.82 Å². The summed E-state index contributed by atoms with van der Waals surface area (Å²) in [4.78, 5) is 23.4. The van der Waals surface area contributed by atoms with Crippen molar-refractivity contribution in [3.8, 4) is 0 Å². The SMILES string of the molecule is CC/C=C\C/C=C\C/C=C\C/C=C\C/C=C\C/C=C\CCCCCCCCCCCCCCC(=O)NC(COP(=O)(O)OCC[N+](C)(C)C)C(O)/C=C/CC/C=C/CCCCCCCCCCCCCCCCCCCCC. The Hall–Kier alpha value is -2.58. The number of phosphoric ester groups is 1. The van der Waals surface area contributed by atoms with E-state index in [4.69, 9.17) is 9.05 Å². The molecule has 0 aromatic rings. The molecule has 0 aliphatic heterocycles. The van der Waals surface area contributed by atoms with E-state index in [9.17, 15) is 19.4 Å². The second-order valence-corrected chi connectivity index (χ2v) is 24.6. The van der Waals surface area contributed by atoms with Gasteiger partial charge in [0.2, 0.25) is 5.91 Å². The first-order valence-corrected chi connectivity index (χ1v) is 34.1. The number of allylic oxidation sites excluding steroid dienone is 15. The predicted octanol–water partition coefficient (Wildman–Crippen LogP) is 20.5. The highest BCUT2D eigenvalue weighted by Gasteiger charge is 2.27. The van der Waals surface area contributed by atoms with Gasteiger partial charge in [0.25, 0.3) is 0 Å². The molecule has 1 amide bonds. The summed E-state index contributed by atoms with van der Waals surface area (Å²) in [6.45, 7) is 4.70. The number of nitrogens with zero attached hydrogens (tertiary/aromatic N) is 1. The first-order valence-electron chi connectivity index (χ1n) is 32.6. The Morgan fingerprint density at radius 2 is 0.782 bits per heavy atom. The van der Waals surface area contributed by atoms with Crippen LogP contribution in [0.4, 0.5) is 0 Å². The number of amides is 1. The van der Waals surface area contributed by atoms with E-state index in [2.05, 4.69) is 104 Å². The zero-order valence-electron chi connectivity index (χ0n) is 51.6. The fourth-order valence-electron chi connectivity index (χ4n) is 9.24. The van der Waals surface area contributed by atoms with E-state index in [1.807, 2.05) is 27.2 Å². The van der Waals surface area contributed by atoms with Gasteiger partial charge in [-0.15, -0.1) is 0 Å². The molecule has 3 N–H and O–H groups in total. The van der Waals surface area contributed by atoms with Crippen LogP contribution in [-0.2, 0) is 18.4 Å². The fraction of sp³-hybridized carbons (Fsp3) is 0.754. The van der Waals surface area contributed by atoms with Crippen LogP contribution in [0.25, 0.3) is 0 Å². The Bertz CT molecular complexity index is 1590. The topological polar surface area (TPSA) is 105 Å². The van der Waals surface area contributed by atoms with E-state index in [1.54, 1.807) is 6.08 Å². The van der Waals surface area contributed by atoms with Crippen LogP contribution in [0.2, 0.25) is 0 Å². The van der Waals surface area contributed by atoms with Crippen LogP contribution < -0.4 is 5.32 Å². The first-order chi connectivity index (χ1) is 38.0.